The van der Waals surface area contributed by atoms with Gasteiger partial charge in [-0.05, 0) is 24.5 Å². The van der Waals surface area contributed by atoms with Gasteiger partial charge in [-0.3, -0.25) is 9.78 Å². The predicted octanol–water partition coefficient (Wildman–Crippen LogP) is 1.54. The van der Waals surface area contributed by atoms with Crippen molar-refractivity contribution in [2.75, 3.05) is 18.0 Å². The first-order valence-corrected chi connectivity index (χ1v) is 7.85. The van der Waals surface area contributed by atoms with Crippen molar-refractivity contribution >= 4 is 22.8 Å². The van der Waals surface area contributed by atoms with E-state index >= 15 is 0 Å². The van der Waals surface area contributed by atoms with Crippen molar-refractivity contribution in [3.8, 4) is 0 Å². The summed E-state index contributed by atoms with van der Waals surface area (Å²) in [4.78, 5) is 27.1. The summed E-state index contributed by atoms with van der Waals surface area (Å²) >= 11 is 0. The molecule has 1 aliphatic rings. The summed E-state index contributed by atoms with van der Waals surface area (Å²) in [6.45, 7) is 2.19. The van der Waals surface area contributed by atoms with Crippen LogP contribution in [0.1, 0.15) is 28.9 Å². The molecule has 24 heavy (non-hydrogen) atoms. The van der Waals surface area contributed by atoms with Gasteiger partial charge in [-0.1, -0.05) is 11.2 Å². The molecule has 0 radical (unpaired) electrons. The molecule has 0 spiro atoms. The van der Waals surface area contributed by atoms with Gasteiger partial charge in [0.1, 0.15) is 17.5 Å². The van der Waals surface area contributed by atoms with Gasteiger partial charge in [-0.15, -0.1) is 0 Å². The standard InChI is InChI=1S/C16H16N6O2/c23-15(18-9-11-4-3-5-17-8-11)13-12-14(22-6-1-2-7-22)19-10-20-16(12)24-21-13/h3-5,8,10H,1-2,6-7,9H2,(H,18,23). The Hall–Kier alpha value is -3.03. The number of pyridine rings is 1. The number of carbonyl (C=O) groups excluding carboxylic acids is 1. The second-order valence-electron chi connectivity index (χ2n) is 5.65. The normalized spacial score (nSPS) is 14.2. The summed E-state index contributed by atoms with van der Waals surface area (Å²) in [5.74, 6) is 0.401. The number of nitrogens with one attached hydrogen (secondary N) is 1. The van der Waals surface area contributed by atoms with E-state index in [2.05, 4.69) is 30.3 Å². The highest BCUT2D eigenvalue weighted by Crippen LogP contribution is 2.28. The van der Waals surface area contributed by atoms with Gasteiger partial charge in [0.05, 0.1) is 0 Å². The SMILES string of the molecule is O=C(NCc1cccnc1)c1noc2ncnc(N3CCCC3)c12. The Morgan fingerprint density at radius 1 is 1.29 bits per heavy atom. The summed E-state index contributed by atoms with van der Waals surface area (Å²) in [7, 11) is 0. The molecule has 0 atom stereocenters. The lowest BCUT2D eigenvalue weighted by Crippen LogP contribution is -2.24. The van der Waals surface area contributed by atoms with Gasteiger partial charge < -0.3 is 14.7 Å². The number of carbonyl (C=O) groups is 1. The summed E-state index contributed by atoms with van der Waals surface area (Å²) < 4.78 is 5.22. The van der Waals surface area contributed by atoms with Crippen molar-refractivity contribution in [3.63, 3.8) is 0 Å². The topological polar surface area (TPSA) is 97.0 Å². The number of amides is 1. The van der Waals surface area contributed by atoms with E-state index in [9.17, 15) is 4.79 Å². The van der Waals surface area contributed by atoms with Crippen LogP contribution in [0, 0.1) is 0 Å². The monoisotopic (exact) mass is 324 g/mol. The summed E-state index contributed by atoms with van der Waals surface area (Å²) in [5, 5.41) is 7.32. The highest BCUT2D eigenvalue weighted by molar-refractivity contribution is 6.07. The lowest BCUT2D eigenvalue weighted by Gasteiger charge is -2.16. The molecule has 0 aliphatic carbocycles. The lowest BCUT2D eigenvalue weighted by molar-refractivity contribution is 0.0943. The highest BCUT2D eigenvalue weighted by Gasteiger charge is 2.25. The third-order valence-corrected chi connectivity index (χ3v) is 4.05. The molecule has 3 aromatic heterocycles. The molecule has 1 saturated heterocycles. The maximum absolute atomic E-state index is 12.5. The molecule has 4 rings (SSSR count). The summed E-state index contributed by atoms with van der Waals surface area (Å²) in [5.41, 5.74) is 1.46. The molecule has 0 bridgehead atoms. The molecule has 0 unspecified atom stereocenters. The minimum absolute atomic E-state index is 0.219. The third kappa shape index (κ3) is 2.66. The number of aromatic nitrogens is 4. The van der Waals surface area contributed by atoms with Crippen molar-refractivity contribution in [2.45, 2.75) is 19.4 Å². The maximum atomic E-state index is 12.5. The fourth-order valence-corrected chi connectivity index (χ4v) is 2.86. The second kappa shape index (κ2) is 6.23. The van der Waals surface area contributed by atoms with Crippen LogP contribution in [-0.4, -0.2) is 39.1 Å². The Labute approximate surface area is 137 Å². The van der Waals surface area contributed by atoms with E-state index in [1.165, 1.54) is 6.33 Å². The van der Waals surface area contributed by atoms with Crippen LogP contribution in [0.5, 0.6) is 0 Å². The number of hydrogen-bond donors (Lipinski definition) is 1. The lowest BCUT2D eigenvalue weighted by atomic mass is 10.2. The average Bonchev–Trinajstić information content (AvgIpc) is 3.30. The average molecular weight is 324 g/mol. The molecule has 0 aromatic carbocycles. The summed E-state index contributed by atoms with van der Waals surface area (Å²) in [6.07, 6.45) is 7.06. The van der Waals surface area contributed by atoms with Crippen LogP contribution in [-0.2, 0) is 6.54 Å². The largest absolute Gasteiger partial charge is 0.356 e. The van der Waals surface area contributed by atoms with E-state index in [0.29, 0.717) is 23.5 Å². The van der Waals surface area contributed by atoms with Gasteiger partial charge in [0.15, 0.2) is 5.69 Å². The number of rotatable bonds is 4. The minimum Gasteiger partial charge on any atom is -0.356 e. The number of fused-ring (bicyclic) bond motifs is 1. The van der Waals surface area contributed by atoms with E-state index < -0.39 is 0 Å². The van der Waals surface area contributed by atoms with Gasteiger partial charge in [0.25, 0.3) is 11.6 Å². The van der Waals surface area contributed by atoms with E-state index in [0.717, 1.165) is 31.5 Å². The van der Waals surface area contributed by atoms with Gasteiger partial charge in [0.2, 0.25) is 0 Å². The first-order chi connectivity index (χ1) is 11.8. The third-order valence-electron chi connectivity index (χ3n) is 4.05. The molecule has 4 heterocycles. The molecule has 1 fully saturated rings. The van der Waals surface area contributed by atoms with Crippen LogP contribution in [0.2, 0.25) is 0 Å². The van der Waals surface area contributed by atoms with Gasteiger partial charge >= 0.3 is 0 Å². The molecule has 1 aliphatic heterocycles. The molecular weight excluding hydrogens is 308 g/mol. The zero-order valence-corrected chi connectivity index (χ0v) is 13.0. The van der Waals surface area contributed by atoms with Crippen molar-refractivity contribution in [2.24, 2.45) is 0 Å². The molecular formula is C16H16N6O2. The molecule has 0 saturated carbocycles. The molecule has 3 aromatic rings. The first kappa shape index (κ1) is 14.6. The predicted molar refractivity (Wildman–Crippen MR) is 86.5 cm³/mol. The molecule has 1 N–H and O–H groups in total. The summed E-state index contributed by atoms with van der Waals surface area (Å²) in [6, 6.07) is 3.72. The second-order valence-corrected chi connectivity index (χ2v) is 5.65. The zero-order valence-electron chi connectivity index (χ0n) is 13.0. The molecule has 8 nitrogen and oxygen atoms in total. The van der Waals surface area contributed by atoms with Gasteiger partial charge in [-0.2, -0.15) is 4.98 Å². The highest BCUT2D eigenvalue weighted by atomic mass is 16.5. The van der Waals surface area contributed by atoms with Crippen LogP contribution in [0.4, 0.5) is 5.82 Å². The van der Waals surface area contributed by atoms with Crippen LogP contribution in [0.25, 0.3) is 11.1 Å². The maximum Gasteiger partial charge on any atom is 0.274 e. The molecule has 122 valence electrons. The van der Waals surface area contributed by atoms with E-state index in [4.69, 9.17) is 4.52 Å². The Balaban J connectivity index is 1.62. The number of nitrogens with zero attached hydrogens (tertiary/aromatic N) is 5. The Bertz CT molecular complexity index is 857. The zero-order chi connectivity index (χ0) is 16.4. The fraction of sp³-hybridized carbons (Fsp3) is 0.312. The van der Waals surface area contributed by atoms with Crippen molar-refractivity contribution in [1.82, 2.24) is 25.4 Å². The van der Waals surface area contributed by atoms with Crippen LogP contribution in [0.3, 0.4) is 0 Å². The molecule has 1 amide bonds. The minimum atomic E-state index is -0.312. The Morgan fingerprint density at radius 2 is 2.17 bits per heavy atom. The Morgan fingerprint density at radius 3 is 2.96 bits per heavy atom. The van der Waals surface area contributed by atoms with Crippen LogP contribution >= 0.6 is 0 Å². The van der Waals surface area contributed by atoms with Crippen molar-refractivity contribution in [3.05, 3.63) is 42.1 Å². The van der Waals surface area contributed by atoms with Crippen LogP contribution in [0.15, 0.2) is 35.4 Å². The Kier molecular flexibility index (Phi) is 3.78. The first-order valence-electron chi connectivity index (χ1n) is 7.85. The van der Waals surface area contributed by atoms with Gasteiger partial charge in [-0.25, -0.2) is 4.98 Å². The number of hydrogen-bond acceptors (Lipinski definition) is 7. The fourth-order valence-electron chi connectivity index (χ4n) is 2.86. The van der Waals surface area contributed by atoms with Crippen LogP contribution < -0.4 is 10.2 Å². The number of anilines is 1. The van der Waals surface area contributed by atoms with Crippen molar-refractivity contribution < 1.29 is 9.32 Å². The van der Waals surface area contributed by atoms with Crippen molar-refractivity contribution in [1.29, 1.82) is 0 Å². The quantitative estimate of drug-likeness (QED) is 0.777. The molecule has 8 heteroatoms. The van der Waals surface area contributed by atoms with E-state index in [-0.39, 0.29) is 11.6 Å². The smallest absolute Gasteiger partial charge is 0.274 e. The van der Waals surface area contributed by atoms with Gasteiger partial charge in [0, 0.05) is 32.0 Å². The van der Waals surface area contributed by atoms with E-state index in [1.807, 2.05) is 12.1 Å². The van der Waals surface area contributed by atoms with E-state index in [1.54, 1.807) is 12.4 Å².